The molecule has 4 nitrogen and oxygen atoms in total. The van der Waals surface area contributed by atoms with Crippen molar-refractivity contribution in [3.63, 3.8) is 0 Å². The van der Waals surface area contributed by atoms with Gasteiger partial charge in [-0.3, -0.25) is 4.79 Å². The van der Waals surface area contributed by atoms with Gasteiger partial charge in [-0.25, -0.2) is 0 Å². The van der Waals surface area contributed by atoms with E-state index < -0.39 is 12.1 Å². The Bertz CT molecular complexity index is 574. The highest BCUT2D eigenvalue weighted by molar-refractivity contribution is 5.74. The van der Waals surface area contributed by atoms with Gasteiger partial charge in [0.2, 0.25) is 0 Å². The maximum Gasteiger partial charge on any atom is 0.307 e. The molecule has 0 saturated heterocycles. The summed E-state index contributed by atoms with van der Waals surface area (Å²) in [6.07, 6.45) is -0.637. The van der Waals surface area contributed by atoms with E-state index in [1.165, 1.54) is 0 Å². The third kappa shape index (κ3) is 3.34. The first kappa shape index (κ1) is 14.9. The van der Waals surface area contributed by atoms with Crippen LogP contribution in [0.4, 0.5) is 0 Å². The maximum absolute atomic E-state index is 11.4. The summed E-state index contributed by atoms with van der Waals surface area (Å²) >= 11 is 0. The second-order valence-electron chi connectivity index (χ2n) is 4.35. The minimum atomic E-state index is -0.637. The first-order valence-electron chi connectivity index (χ1n) is 6.45. The van der Waals surface area contributed by atoms with E-state index in [0.717, 1.165) is 11.1 Å². The number of para-hydroxylation sites is 2. The minimum Gasteiger partial charge on any atom is -0.496 e. The van der Waals surface area contributed by atoms with Crippen molar-refractivity contribution >= 4 is 5.97 Å². The van der Waals surface area contributed by atoms with Crippen LogP contribution in [0, 0.1) is 6.92 Å². The maximum atomic E-state index is 11.4. The van der Waals surface area contributed by atoms with E-state index >= 15 is 0 Å². The van der Waals surface area contributed by atoms with Gasteiger partial charge >= 0.3 is 5.97 Å². The Balaban J connectivity index is 2.55. The first-order chi connectivity index (χ1) is 10.2. The number of rotatable bonds is 5. The summed E-state index contributed by atoms with van der Waals surface area (Å²) in [5.74, 6) is 0.654. The van der Waals surface area contributed by atoms with Crippen LogP contribution in [0.3, 0.4) is 0 Å². The predicted molar refractivity (Wildman–Crippen MR) is 79.3 cm³/mol. The summed E-state index contributed by atoms with van der Waals surface area (Å²) < 4.78 is 16.1. The van der Waals surface area contributed by atoms with E-state index in [-0.39, 0.29) is 0 Å². The molecule has 1 radical (unpaired) electrons. The molecule has 0 heterocycles. The van der Waals surface area contributed by atoms with Gasteiger partial charge in [0, 0.05) is 11.1 Å². The van der Waals surface area contributed by atoms with Crippen molar-refractivity contribution in [3.05, 3.63) is 66.6 Å². The fourth-order valence-electron chi connectivity index (χ4n) is 2.19. The fourth-order valence-corrected chi connectivity index (χ4v) is 2.19. The first-order valence-corrected chi connectivity index (χ1v) is 6.45. The average molecular weight is 285 g/mol. The molecule has 0 saturated carbocycles. The van der Waals surface area contributed by atoms with Crippen LogP contribution in [0.1, 0.15) is 17.2 Å². The Morgan fingerprint density at radius 1 is 0.905 bits per heavy atom. The largest absolute Gasteiger partial charge is 0.496 e. The summed E-state index contributed by atoms with van der Waals surface area (Å²) in [7, 11) is 3.15. The van der Waals surface area contributed by atoms with Gasteiger partial charge in [-0.05, 0) is 12.1 Å². The van der Waals surface area contributed by atoms with Gasteiger partial charge in [0.1, 0.15) is 11.5 Å². The normalized spacial score (nSPS) is 10.3. The second kappa shape index (κ2) is 6.79. The Hall–Kier alpha value is -2.49. The van der Waals surface area contributed by atoms with E-state index in [1.807, 2.05) is 48.5 Å². The smallest absolute Gasteiger partial charge is 0.307 e. The van der Waals surface area contributed by atoms with Gasteiger partial charge in [0.05, 0.1) is 21.1 Å². The molecule has 0 atom stereocenters. The molecule has 4 heteroatoms. The van der Waals surface area contributed by atoms with Crippen LogP contribution in [0.5, 0.6) is 11.5 Å². The summed E-state index contributed by atoms with van der Waals surface area (Å²) in [5, 5.41) is 0. The van der Waals surface area contributed by atoms with Crippen molar-refractivity contribution in [2.45, 2.75) is 6.10 Å². The van der Waals surface area contributed by atoms with Crippen molar-refractivity contribution in [3.8, 4) is 11.5 Å². The van der Waals surface area contributed by atoms with Gasteiger partial charge in [0.25, 0.3) is 0 Å². The van der Waals surface area contributed by atoms with E-state index in [1.54, 1.807) is 14.2 Å². The summed E-state index contributed by atoms with van der Waals surface area (Å²) in [6, 6.07) is 14.7. The highest BCUT2D eigenvalue weighted by atomic mass is 16.5. The Kier molecular flexibility index (Phi) is 4.82. The number of carbonyl (C=O) groups is 1. The third-order valence-corrected chi connectivity index (χ3v) is 3.09. The monoisotopic (exact) mass is 285 g/mol. The zero-order valence-electron chi connectivity index (χ0n) is 12.0. The van der Waals surface area contributed by atoms with E-state index in [4.69, 9.17) is 14.2 Å². The predicted octanol–water partition coefficient (Wildman–Crippen LogP) is 3.17. The average Bonchev–Trinajstić information content (AvgIpc) is 2.52. The minimum absolute atomic E-state index is 0.614. The number of hydrogen-bond donors (Lipinski definition) is 0. The van der Waals surface area contributed by atoms with Crippen LogP contribution in [0.2, 0.25) is 0 Å². The number of hydrogen-bond acceptors (Lipinski definition) is 4. The molecular formula is C17H17O4. The molecule has 0 spiro atoms. The Labute approximate surface area is 124 Å². The summed E-state index contributed by atoms with van der Waals surface area (Å²) in [5.41, 5.74) is 1.48. The molecule has 0 aliphatic rings. The molecule has 0 N–H and O–H groups in total. The van der Waals surface area contributed by atoms with Crippen molar-refractivity contribution in [2.24, 2.45) is 0 Å². The number of ether oxygens (including phenoxy) is 3. The van der Waals surface area contributed by atoms with Gasteiger partial charge in [-0.15, -0.1) is 0 Å². The molecule has 0 bridgehead atoms. The van der Waals surface area contributed by atoms with E-state index in [2.05, 4.69) is 6.92 Å². The highest BCUT2D eigenvalue weighted by Gasteiger charge is 2.24. The molecule has 21 heavy (non-hydrogen) atoms. The molecule has 2 rings (SSSR count). The standard InChI is InChI=1S/C17H17O4/c1-12(18)21-17(13-8-4-6-10-15(13)19-2)14-9-5-7-11-16(14)20-3/h4-11,17H,1H2,2-3H3. The van der Waals surface area contributed by atoms with Crippen LogP contribution in [0.25, 0.3) is 0 Å². The van der Waals surface area contributed by atoms with Crippen LogP contribution in [0.15, 0.2) is 48.5 Å². The second-order valence-corrected chi connectivity index (χ2v) is 4.35. The van der Waals surface area contributed by atoms with Crippen LogP contribution >= 0.6 is 0 Å². The molecule has 0 unspecified atom stereocenters. The summed E-state index contributed by atoms with van der Waals surface area (Å²) in [6.45, 7) is 3.30. The van der Waals surface area contributed by atoms with Gasteiger partial charge in [0.15, 0.2) is 6.10 Å². The molecule has 109 valence electrons. The van der Waals surface area contributed by atoms with Gasteiger partial charge in [-0.1, -0.05) is 36.4 Å². The highest BCUT2D eigenvalue weighted by Crippen LogP contribution is 2.37. The molecule has 0 amide bonds. The van der Waals surface area contributed by atoms with E-state index in [9.17, 15) is 4.79 Å². The lowest BCUT2D eigenvalue weighted by molar-refractivity contribution is -0.141. The number of esters is 1. The lowest BCUT2D eigenvalue weighted by atomic mass is 9.99. The molecule has 0 aromatic heterocycles. The SMILES string of the molecule is [CH2]C(=O)OC(c1ccccc1OC)c1ccccc1OC. The number of methoxy groups -OCH3 is 2. The lowest BCUT2D eigenvalue weighted by Gasteiger charge is -2.21. The molecule has 2 aromatic rings. The Morgan fingerprint density at radius 3 is 1.71 bits per heavy atom. The molecule has 0 fully saturated rings. The number of carbonyl (C=O) groups excluding carboxylic acids is 1. The van der Waals surface area contributed by atoms with Crippen molar-refractivity contribution < 1.29 is 19.0 Å². The number of benzene rings is 2. The van der Waals surface area contributed by atoms with E-state index in [0.29, 0.717) is 11.5 Å². The van der Waals surface area contributed by atoms with Crippen molar-refractivity contribution in [1.29, 1.82) is 0 Å². The third-order valence-electron chi connectivity index (χ3n) is 3.09. The van der Waals surface area contributed by atoms with Crippen LogP contribution in [-0.4, -0.2) is 20.2 Å². The van der Waals surface area contributed by atoms with Gasteiger partial charge in [-0.2, -0.15) is 0 Å². The zero-order chi connectivity index (χ0) is 15.2. The zero-order valence-corrected chi connectivity index (χ0v) is 12.0. The molecular weight excluding hydrogens is 268 g/mol. The molecule has 0 aliphatic heterocycles. The van der Waals surface area contributed by atoms with Crippen LogP contribution in [-0.2, 0) is 9.53 Å². The van der Waals surface area contributed by atoms with Crippen molar-refractivity contribution in [2.75, 3.05) is 14.2 Å². The molecule has 2 aromatic carbocycles. The van der Waals surface area contributed by atoms with Gasteiger partial charge < -0.3 is 14.2 Å². The van der Waals surface area contributed by atoms with Crippen LogP contribution < -0.4 is 9.47 Å². The summed E-state index contributed by atoms with van der Waals surface area (Å²) in [4.78, 5) is 11.4. The molecule has 0 aliphatic carbocycles. The quantitative estimate of drug-likeness (QED) is 0.792. The Morgan fingerprint density at radius 2 is 1.33 bits per heavy atom. The fraction of sp³-hybridized carbons (Fsp3) is 0.176. The van der Waals surface area contributed by atoms with Crippen molar-refractivity contribution in [1.82, 2.24) is 0 Å². The topological polar surface area (TPSA) is 44.8 Å². The lowest BCUT2D eigenvalue weighted by Crippen LogP contribution is -2.12.